The molecule has 0 fully saturated rings. The highest BCUT2D eigenvalue weighted by Gasteiger charge is 2.14. The lowest BCUT2D eigenvalue weighted by Crippen LogP contribution is -2.13. The van der Waals surface area contributed by atoms with Gasteiger partial charge in [0, 0.05) is 15.6 Å². The molecule has 0 aliphatic rings. The van der Waals surface area contributed by atoms with Crippen molar-refractivity contribution in [1.29, 1.82) is 0 Å². The SMILES string of the molecule is N[C@@H](c1ccc(Cl)cc1)c1nc(-c2ccc(Cl)cc2)n[nH]1. The lowest BCUT2D eigenvalue weighted by molar-refractivity contribution is 0.787. The smallest absolute Gasteiger partial charge is 0.181 e. The topological polar surface area (TPSA) is 67.6 Å². The van der Waals surface area contributed by atoms with Crippen LogP contribution in [-0.2, 0) is 0 Å². The molecule has 6 heteroatoms. The van der Waals surface area contributed by atoms with Crippen LogP contribution in [0, 0.1) is 0 Å². The number of benzene rings is 2. The average Bonchev–Trinajstić information content (AvgIpc) is 2.98. The van der Waals surface area contributed by atoms with Gasteiger partial charge in [0.05, 0.1) is 6.04 Å². The largest absolute Gasteiger partial charge is 0.318 e. The van der Waals surface area contributed by atoms with Crippen LogP contribution in [0.15, 0.2) is 48.5 Å². The molecule has 21 heavy (non-hydrogen) atoms. The molecule has 0 bridgehead atoms. The average molecular weight is 319 g/mol. The number of rotatable bonds is 3. The Morgan fingerprint density at radius 3 is 2.10 bits per heavy atom. The number of H-pyrrole nitrogens is 1. The van der Waals surface area contributed by atoms with Crippen LogP contribution in [0.5, 0.6) is 0 Å². The summed E-state index contributed by atoms with van der Waals surface area (Å²) in [5.41, 5.74) is 7.98. The second-order valence-corrected chi connectivity index (χ2v) is 5.45. The summed E-state index contributed by atoms with van der Waals surface area (Å²) in [4.78, 5) is 4.44. The summed E-state index contributed by atoms with van der Waals surface area (Å²) in [5.74, 6) is 1.19. The Kier molecular flexibility index (Phi) is 3.92. The molecular weight excluding hydrogens is 307 g/mol. The molecule has 1 atom stereocenters. The molecule has 0 saturated heterocycles. The number of nitrogens with two attached hydrogens (primary N) is 1. The summed E-state index contributed by atoms with van der Waals surface area (Å²) in [6.07, 6.45) is 0. The zero-order chi connectivity index (χ0) is 14.8. The van der Waals surface area contributed by atoms with Crippen molar-refractivity contribution in [2.45, 2.75) is 6.04 Å². The third-order valence-electron chi connectivity index (χ3n) is 3.13. The van der Waals surface area contributed by atoms with E-state index in [1.165, 1.54) is 0 Å². The van der Waals surface area contributed by atoms with Crippen LogP contribution in [0.3, 0.4) is 0 Å². The highest BCUT2D eigenvalue weighted by atomic mass is 35.5. The summed E-state index contributed by atoms with van der Waals surface area (Å²) in [6.45, 7) is 0. The van der Waals surface area contributed by atoms with Gasteiger partial charge in [0.25, 0.3) is 0 Å². The van der Waals surface area contributed by atoms with Crippen molar-refractivity contribution < 1.29 is 0 Å². The van der Waals surface area contributed by atoms with Crippen LogP contribution >= 0.6 is 23.2 Å². The number of nitrogens with one attached hydrogen (secondary N) is 1. The Balaban J connectivity index is 1.87. The van der Waals surface area contributed by atoms with E-state index in [9.17, 15) is 0 Å². The van der Waals surface area contributed by atoms with E-state index < -0.39 is 0 Å². The Labute approximate surface area is 131 Å². The van der Waals surface area contributed by atoms with Gasteiger partial charge in [-0.3, -0.25) is 5.10 Å². The predicted molar refractivity (Wildman–Crippen MR) is 84.3 cm³/mol. The van der Waals surface area contributed by atoms with Crippen molar-refractivity contribution in [3.05, 3.63) is 70.0 Å². The minimum absolute atomic E-state index is 0.379. The number of aromatic nitrogens is 3. The summed E-state index contributed by atoms with van der Waals surface area (Å²) in [5, 5.41) is 8.42. The van der Waals surface area contributed by atoms with Crippen molar-refractivity contribution >= 4 is 23.2 Å². The zero-order valence-corrected chi connectivity index (χ0v) is 12.4. The van der Waals surface area contributed by atoms with E-state index in [1.54, 1.807) is 24.3 Å². The number of nitrogens with zero attached hydrogens (tertiary/aromatic N) is 2. The quantitative estimate of drug-likeness (QED) is 0.771. The second kappa shape index (κ2) is 5.85. The molecule has 0 amide bonds. The molecule has 4 nitrogen and oxygen atoms in total. The maximum atomic E-state index is 6.18. The standard InChI is InChI=1S/C15H12Cl2N4/c16-11-5-1-9(2-6-11)13(18)15-19-14(20-21-15)10-3-7-12(17)8-4-10/h1-8,13H,18H2,(H,19,20,21)/t13-/m0/s1. The molecule has 3 N–H and O–H groups in total. The first kappa shape index (κ1) is 14.1. The van der Waals surface area contributed by atoms with Gasteiger partial charge in [-0.25, -0.2) is 4.98 Å². The van der Waals surface area contributed by atoms with E-state index >= 15 is 0 Å². The molecule has 3 rings (SSSR count). The van der Waals surface area contributed by atoms with Gasteiger partial charge in [0.2, 0.25) is 0 Å². The van der Waals surface area contributed by atoms with E-state index in [0.29, 0.717) is 21.7 Å². The lowest BCUT2D eigenvalue weighted by Gasteiger charge is -2.08. The molecule has 0 saturated carbocycles. The van der Waals surface area contributed by atoms with Crippen LogP contribution in [-0.4, -0.2) is 15.2 Å². The van der Waals surface area contributed by atoms with Crippen molar-refractivity contribution in [2.75, 3.05) is 0 Å². The Hall–Kier alpha value is -1.88. The molecule has 1 aromatic heterocycles. The molecule has 0 aliphatic heterocycles. The van der Waals surface area contributed by atoms with Gasteiger partial charge in [0.15, 0.2) is 5.82 Å². The normalized spacial score (nSPS) is 12.3. The molecule has 2 aromatic carbocycles. The zero-order valence-electron chi connectivity index (χ0n) is 10.9. The van der Waals surface area contributed by atoms with Crippen molar-refractivity contribution in [3.8, 4) is 11.4 Å². The van der Waals surface area contributed by atoms with Gasteiger partial charge in [-0.15, -0.1) is 0 Å². The highest BCUT2D eigenvalue weighted by Crippen LogP contribution is 2.22. The van der Waals surface area contributed by atoms with E-state index in [1.807, 2.05) is 24.3 Å². The van der Waals surface area contributed by atoms with Gasteiger partial charge in [-0.05, 0) is 42.0 Å². The third-order valence-corrected chi connectivity index (χ3v) is 3.63. The Morgan fingerprint density at radius 1 is 0.905 bits per heavy atom. The van der Waals surface area contributed by atoms with Crippen molar-refractivity contribution in [3.63, 3.8) is 0 Å². The minimum Gasteiger partial charge on any atom is -0.318 e. The third kappa shape index (κ3) is 3.08. The first-order chi connectivity index (χ1) is 10.1. The predicted octanol–water partition coefficient (Wildman–Crippen LogP) is 3.83. The molecule has 0 radical (unpaired) electrons. The number of aromatic amines is 1. The van der Waals surface area contributed by atoms with Crippen LogP contribution in [0.1, 0.15) is 17.4 Å². The van der Waals surface area contributed by atoms with E-state index in [0.717, 1.165) is 11.1 Å². The van der Waals surface area contributed by atoms with Crippen LogP contribution in [0.2, 0.25) is 10.0 Å². The van der Waals surface area contributed by atoms with Crippen molar-refractivity contribution in [2.24, 2.45) is 5.73 Å². The molecule has 0 spiro atoms. The van der Waals surface area contributed by atoms with Crippen LogP contribution in [0.25, 0.3) is 11.4 Å². The monoisotopic (exact) mass is 318 g/mol. The first-order valence-electron chi connectivity index (χ1n) is 6.33. The van der Waals surface area contributed by atoms with E-state index in [2.05, 4.69) is 15.2 Å². The Morgan fingerprint density at radius 2 is 1.48 bits per heavy atom. The number of halogens is 2. The van der Waals surface area contributed by atoms with Crippen LogP contribution < -0.4 is 5.73 Å². The summed E-state index contributed by atoms with van der Waals surface area (Å²) < 4.78 is 0. The molecule has 1 heterocycles. The minimum atomic E-state index is -0.379. The summed E-state index contributed by atoms with van der Waals surface area (Å²) in [6, 6.07) is 14.3. The lowest BCUT2D eigenvalue weighted by atomic mass is 10.1. The maximum absolute atomic E-state index is 6.18. The first-order valence-corrected chi connectivity index (χ1v) is 7.08. The molecular formula is C15H12Cl2N4. The fourth-order valence-corrected chi connectivity index (χ4v) is 2.22. The van der Waals surface area contributed by atoms with E-state index in [-0.39, 0.29) is 6.04 Å². The summed E-state index contributed by atoms with van der Waals surface area (Å²) in [7, 11) is 0. The van der Waals surface area contributed by atoms with Crippen LogP contribution in [0.4, 0.5) is 0 Å². The van der Waals surface area contributed by atoms with Gasteiger partial charge in [-0.1, -0.05) is 35.3 Å². The maximum Gasteiger partial charge on any atom is 0.181 e. The van der Waals surface area contributed by atoms with Crippen molar-refractivity contribution in [1.82, 2.24) is 15.2 Å². The van der Waals surface area contributed by atoms with Gasteiger partial charge >= 0.3 is 0 Å². The fourth-order valence-electron chi connectivity index (χ4n) is 1.97. The molecule has 0 unspecified atom stereocenters. The second-order valence-electron chi connectivity index (χ2n) is 4.58. The molecule has 0 aliphatic carbocycles. The van der Waals surface area contributed by atoms with E-state index in [4.69, 9.17) is 28.9 Å². The number of hydrogen-bond acceptors (Lipinski definition) is 3. The Bertz CT molecular complexity index is 735. The van der Waals surface area contributed by atoms with Gasteiger partial charge in [-0.2, -0.15) is 5.10 Å². The summed E-state index contributed by atoms with van der Waals surface area (Å²) >= 11 is 11.7. The molecule has 106 valence electrons. The number of hydrogen-bond donors (Lipinski definition) is 2. The highest BCUT2D eigenvalue weighted by molar-refractivity contribution is 6.30. The fraction of sp³-hybridized carbons (Fsp3) is 0.0667. The van der Waals surface area contributed by atoms with Gasteiger partial charge < -0.3 is 5.73 Å². The van der Waals surface area contributed by atoms with Gasteiger partial charge in [0.1, 0.15) is 5.82 Å². The molecule has 3 aromatic rings.